The van der Waals surface area contributed by atoms with Crippen LogP contribution in [0, 0.1) is 6.92 Å². The number of rotatable bonds is 2. The summed E-state index contributed by atoms with van der Waals surface area (Å²) in [5, 5.41) is 0. The van der Waals surface area contributed by atoms with Gasteiger partial charge >= 0.3 is 0 Å². The third-order valence-electron chi connectivity index (χ3n) is 2.83. The molecule has 0 unspecified atom stereocenters. The Morgan fingerprint density at radius 1 is 1.35 bits per heavy atom. The molecule has 4 nitrogen and oxygen atoms in total. The van der Waals surface area contributed by atoms with Crippen LogP contribution in [0.25, 0.3) is 11.0 Å². The summed E-state index contributed by atoms with van der Waals surface area (Å²) < 4.78 is 7.30. The van der Waals surface area contributed by atoms with Crippen LogP contribution in [0.4, 0.5) is 5.95 Å². The molecule has 0 spiro atoms. The zero-order valence-corrected chi connectivity index (χ0v) is 9.55. The molecule has 2 aromatic heterocycles. The van der Waals surface area contributed by atoms with E-state index in [0.717, 1.165) is 16.8 Å². The van der Waals surface area contributed by atoms with Crippen molar-refractivity contribution in [2.45, 2.75) is 13.5 Å². The highest BCUT2D eigenvalue weighted by atomic mass is 16.3. The molecule has 0 saturated carbocycles. The number of hydrogen-bond acceptors (Lipinski definition) is 3. The van der Waals surface area contributed by atoms with Crippen LogP contribution in [0.15, 0.2) is 41.0 Å². The first-order valence-corrected chi connectivity index (χ1v) is 5.49. The first-order valence-electron chi connectivity index (χ1n) is 5.49. The first-order chi connectivity index (χ1) is 8.24. The van der Waals surface area contributed by atoms with Gasteiger partial charge in [0.1, 0.15) is 5.76 Å². The van der Waals surface area contributed by atoms with Gasteiger partial charge in [0.05, 0.1) is 23.8 Å². The largest absolute Gasteiger partial charge is 0.467 e. The monoisotopic (exact) mass is 227 g/mol. The van der Waals surface area contributed by atoms with Crippen molar-refractivity contribution >= 4 is 17.0 Å². The molecule has 0 aliphatic carbocycles. The minimum Gasteiger partial charge on any atom is -0.467 e. The Bertz CT molecular complexity index is 653. The fourth-order valence-electron chi connectivity index (χ4n) is 1.98. The highest BCUT2D eigenvalue weighted by molar-refractivity contribution is 5.79. The summed E-state index contributed by atoms with van der Waals surface area (Å²) in [5.41, 5.74) is 9.08. The Balaban J connectivity index is 2.14. The van der Waals surface area contributed by atoms with Crippen LogP contribution < -0.4 is 5.73 Å². The molecule has 0 saturated heterocycles. The van der Waals surface area contributed by atoms with Crippen molar-refractivity contribution in [3.63, 3.8) is 0 Å². The van der Waals surface area contributed by atoms with E-state index in [1.807, 2.05) is 28.8 Å². The van der Waals surface area contributed by atoms with Gasteiger partial charge in [-0.1, -0.05) is 6.07 Å². The second-order valence-electron chi connectivity index (χ2n) is 4.13. The predicted octanol–water partition coefficient (Wildman–Crippen LogP) is 2.57. The van der Waals surface area contributed by atoms with Gasteiger partial charge in [-0.2, -0.15) is 0 Å². The second kappa shape index (κ2) is 3.66. The van der Waals surface area contributed by atoms with Crippen molar-refractivity contribution in [1.82, 2.24) is 9.55 Å². The Morgan fingerprint density at radius 2 is 2.24 bits per heavy atom. The average Bonchev–Trinajstić information content (AvgIpc) is 2.90. The van der Waals surface area contributed by atoms with Gasteiger partial charge in [-0.25, -0.2) is 4.98 Å². The lowest BCUT2D eigenvalue weighted by Gasteiger charge is -2.04. The third-order valence-corrected chi connectivity index (χ3v) is 2.83. The van der Waals surface area contributed by atoms with E-state index >= 15 is 0 Å². The molecule has 0 aliphatic heterocycles. The summed E-state index contributed by atoms with van der Waals surface area (Å²) in [6.45, 7) is 2.67. The number of nitrogen functional groups attached to an aromatic ring is 1. The molecule has 3 aromatic rings. The molecule has 1 aromatic carbocycles. The van der Waals surface area contributed by atoms with Gasteiger partial charge in [0, 0.05) is 0 Å². The van der Waals surface area contributed by atoms with E-state index in [4.69, 9.17) is 10.2 Å². The van der Waals surface area contributed by atoms with Crippen LogP contribution in [0.1, 0.15) is 11.3 Å². The minimum atomic E-state index is 0.516. The number of nitrogens with zero attached hydrogens (tertiary/aromatic N) is 2. The van der Waals surface area contributed by atoms with E-state index in [9.17, 15) is 0 Å². The number of aromatic nitrogens is 2. The van der Waals surface area contributed by atoms with Gasteiger partial charge in [-0.3, -0.25) is 0 Å². The second-order valence-corrected chi connectivity index (χ2v) is 4.13. The molecule has 0 aliphatic rings. The van der Waals surface area contributed by atoms with Crippen molar-refractivity contribution in [1.29, 1.82) is 0 Å². The zero-order valence-electron chi connectivity index (χ0n) is 9.55. The molecular weight excluding hydrogens is 214 g/mol. The number of hydrogen-bond donors (Lipinski definition) is 1. The van der Waals surface area contributed by atoms with Crippen LogP contribution in [-0.2, 0) is 6.54 Å². The minimum absolute atomic E-state index is 0.516. The third kappa shape index (κ3) is 1.67. The summed E-state index contributed by atoms with van der Waals surface area (Å²) in [6, 6.07) is 9.91. The molecule has 0 bridgehead atoms. The van der Waals surface area contributed by atoms with E-state index < -0.39 is 0 Å². The van der Waals surface area contributed by atoms with Crippen LogP contribution in [0.3, 0.4) is 0 Å². The van der Waals surface area contributed by atoms with E-state index in [1.54, 1.807) is 6.26 Å². The number of benzene rings is 1. The standard InChI is InChI=1S/C13H13N3O/c1-9-4-5-11-12(7-9)16(13(14)15-11)8-10-3-2-6-17-10/h2-7H,8H2,1H3,(H2,14,15). The van der Waals surface area contributed by atoms with Crippen LogP contribution in [-0.4, -0.2) is 9.55 Å². The molecule has 0 radical (unpaired) electrons. The van der Waals surface area contributed by atoms with Gasteiger partial charge < -0.3 is 14.7 Å². The molecule has 2 N–H and O–H groups in total. The van der Waals surface area contributed by atoms with Crippen molar-refractivity contribution in [2.24, 2.45) is 0 Å². The first kappa shape index (κ1) is 9.96. The summed E-state index contributed by atoms with van der Waals surface area (Å²) in [5.74, 6) is 1.39. The quantitative estimate of drug-likeness (QED) is 0.732. The maximum atomic E-state index is 5.93. The van der Waals surface area contributed by atoms with Gasteiger partial charge in [0.25, 0.3) is 0 Å². The van der Waals surface area contributed by atoms with Crippen molar-refractivity contribution in [3.8, 4) is 0 Å². The Labute approximate surface area is 98.7 Å². The summed E-state index contributed by atoms with van der Waals surface area (Å²) >= 11 is 0. The smallest absolute Gasteiger partial charge is 0.201 e. The molecule has 0 atom stereocenters. The van der Waals surface area contributed by atoms with Crippen LogP contribution in [0.2, 0.25) is 0 Å². The van der Waals surface area contributed by atoms with E-state index in [0.29, 0.717) is 12.5 Å². The fourth-order valence-corrected chi connectivity index (χ4v) is 1.98. The number of imidazole rings is 1. The van der Waals surface area contributed by atoms with Gasteiger partial charge in [-0.05, 0) is 36.8 Å². The SMILES string of the molecule is Cc1ccc2nc(N)n(Cc3ccco3)c2c1. The normalized spacial score (nSPS) is 11.1. The lowest BCUT2D eigenvalue weighted by Crippen LogP contribution is -2.03. The fraction of sp³-hybridized carbons (Fsp3) is 0.154. The highest BCUT2D eigenvalue weighted by Gasteiger charge is 2.09. The molecule has 4 heteroatoms. The van der Waals surface area contributed by atoms with Crippen LogP contribution in [0.5, 0.6) is 0 Å². The zero-order chi connectivity index (χ0) is 11.8. The summed E-state index contributed by atoms with van der Waals surface area (Å²) in [4.78, 5) is 4.33. The molecule has 86 valence electrons. The summed E-state index contributed by atoms with van der Waals surface area (Å²) in [6.07, 6.45) is 1.66. The number of nitrogens with two attached hydrogens (primary N) is 1. The maximum absolute atomic E-state index is 5.93. The van der Waals surface area contributed by atoms with Crippen molar-refractivity contribution in [3.05, 3.63) is 47.9 Å². The van der Waals surface area contributed by atoms with Crippen LogP contribution >= 0.6 is 0 Å². The van der Waals surface area contributed by atoms with Gasteiger partial charge in [0.15, 0.2) is 0 Å². The Morgan fingerprint density at radius 3 is 3.00 bits per heavy atom. The Hall–Kier alpha value is -2.23. The number of furan rings is 1. The van der Waals surface area contributed by atoms with Gasteiger partial charge in [0.2, 0.25) is 5.95 Å². The van der Waals surface area contributed by atoms with E-state index in [-0.39, 0.29) is 0 Å². The maximum Gasteiger partial charge on any atom is 0.201 e. The van der Waals surface area contributed by atoms with Gasteiger partial charge in [-0.15, -0.1) is 0 Å². The van der Waals surface area contributed by atoms with E-state index in [1.165, 1.54) is 5.56 Å². The van der Waals surface area contributed by atoms with E-state index in [2.05, 4.69) is 18.0 Å². The molecule has 0 amide bonds. The molecule has 2 heterocycles. The average molecular weight is 227 g/mol. The molecule has 3 rings (SSSR count). The lowest BCUT2D eigenvalue weighted by atomic mass is 10.2. The van der Waals surface area contributed by atoms with Crippen molar-refractivity contribution < 1.29 is 4.42 Å². The highest BCUT2D eigenvalue weighted by Crippen LogP contribution is 2.20. The number of anilines is 1. The molecule has 0 fully saturated rings. The van der Waals surface area contributed by atoms with Crippen molar-refractivity contribution in [2.75, 3.05) is 5.73 Å². The molecule has 17 heavy (non-hydrogen) atoms. The summed E-state index contributed by atoms with van der Waals surface area (Å²) in [7, 11) is 0. The number of aryl methyl sites for hydroxylation is 1. The number of fused-ring (bicyclic) bond motifs is 1. The lowest BCUT2D eigenvalue weighted by molar-refractivity contribution is 0.497. The molecular formula is C13H13N3O. The topological polar surface area (TPSA) is 57.0 Å². The Kier molecular flexibility index (Phi) is 2.14. The predicted molar refractivity (Wildman–Crippen MR) is 66.7 cm³/mol.